The Bertz CT molecular complexity index is 1030. The number of aliphatic carboxylic acids is 1. The van der Waals surface area contributed by atoms with E-state index in [1.165, 1.54) is 12.5 Å². The monoisotopic (exact) mass is 514 g/mol. The molecule has 37 heavy (non-hydrogen) atoms. The summed E-state index contributed by atoms with van der Waals surface area (Å²) in [7, 11) is 0. The Morgan fingerprint density at radius 3 is 2.19 bits per heavy atom. The SMILES string of the molecule is CC(=O)O[C@H]1[C@H](O)C[C@@]2(C)[C@H](CC[C@]3(C)[C@@H]2CC=C2[C@H]4CC(C)(C)CC[C@]4(C(=O)O)CC[C@]23C)C1(C)C. The number of ether oxygens (including phenoxy) is 1. The first-order valence-electron chi connectivity index (χ1n) is 14.7. The van der Waals surface area contributed by atoms with Gasteiger partial charge >= 0.3 is 11.9 Å². The summed E-state index contributed by atoms with van der Waals surface area (Å²) < 4.78 is 5.74. The van der Waals surface area contributed by atoms with Crippen molar-refractivity contribution < 1.29 is 24.5 Å². The fourth-order valence-corrected chi connectivity index (χ4v) is 11.2. The largest absolute Gasteiger partial charge is 0.481 e. The van der Waals surface area contributed by atoms with Crippen LogP contribution in [0.25, 0.3) is 0 Å². The highest BCUT2D eigenvalue weighted by molar-refractivity contribution is 5.76. The van der Waals surface area contributed by atoms with Crippen LogP contribution < -0.4 is 0 Å². The molecule has 0 radical (unpaired) electrons. The molecule has 0 spiro atoms. The van der Waals surface area contributed by atoms with E-state index >= 15 is 0 Å². The maximum absolute atomic E-state index is 12.8. The Morgan fingerprint density at radius 1 is 0.919 bits per heavy atom. The molecule has 0 bridgehead atoms. The number of carbonyl (C=O) groups is 2. The number of aliphatic hydroxyl groups excluding tert-OH is 1. The smallest absolute Gasteiger partial charge is 0.310 e. The molecule has 5 nitrogen and oxygen atoms in total. The van der Waals surface area contributed by atoms with E-state index in [0.717, 1.165) is 51.4 Å². The summed E-state index contributed by atoms with van der Waals surface area (Å²) in [5.74, 6) is -0.0583. The molecule has 0 heterocycles. The Hall–Kier alpha value is -1.36. The van der Waals surface area contributed by atoms with Crippen molar-refractivity contribution in [2.75, 3.05) is 0 Å². The second kappa shape index (κ2) is 8.08. The highest BCUT2D eigenvalue weighted by Crippen LogP contribution is 2.75. The van der Waals surface area contributed by atoms with Crippen LogP contribution in [0.1, 0.15) is 113 Å². The second-order valence-corrected chi connectivity index (χ2v) is 15.8. The average molecular weight is 515 g/mol. The van der Waals surface area contributed by atoms with E-state index < -0.39 is 23.6 Å². The molecule has 0 unspecified atom stereocenters. The van der Waals surface area contributed by atoms with Gasteiger partial charge < -0.3 is 14.9 Å². The lowest BCUT2D eigenvalue weighted by Gasteiger charge is -2.71. The molecule has 0 aromatic rings. The quantitative estimate of drug-likeness (QED) is 0.314. The minimum absolute atomic E-state index is 0.0389. The summed E-state index contributed by atoms with van der Waals surface area (Å²) in [5, 5.41) is 21.9. The summed E-state index contributed by atoms with van der Waals surface area (Å²) in [6.45, 7) is 17.8. The molecule has 0 aromatic heterocycles. The number of aliphatic hydroxyl groups is 1. The van der Waals surface area contributed by atoms with E-state index in [-0.39, 0.29) is 39.0 Å². The molecule has 5 rings (SSSR count). The first-order valence-corrected chi connectivity index (χ1v) is 14.7. The van der Waals surface area contributed by atoms with Crippen LogP contribution in [-0.4, -0.2) is 34.4 Å². The first kappa shape index (κ1) is 27.2. The third-order valence-electron chi connectivity index (χ3n) is 13.3. The third-order valence-corrected chi connectivity index (χ3v) is 13.3. The molecule has 5 heteroatoms. The van der Waals surface area contributed by atoms with Crippen molar-refractivity contribution in [2.24, 2.45) is 50.2 Å². The van der Waals surface area contributed by atoms with Gasteiger partial charge in [0.15, 0.2) is 0 Å². The summed E-state index contributed by atoms with van der Waals surface area (Å²) in [4.78, 5) is 24.7. The van der Waals surface area contributed by atoms with Crippen molar-refractivity contribution in [2.45, 2.75) is 125 Å². The van der Waals surface area contributed by atoms with Gasteiger partial charge in [-0.05, 0) is 97.2 Å². The molecule has 0 aliphatic heterocycles. The molecule has 4 saturated carbocycles. The lowest BCUT2D eigenvalue weighted by atomic mass is 9.33. The standard InChI is InChI=1S/C32H50O5/c1-19(33)37-25-22(34)18-29(6)23(28(25,4)5)11-12-31(8)24(29)10-9-20-21-17-27(2,3)13-15-32(21,26(35)36)16-14-30(20,31)7/h9,21-25,34H,10-18H2,1-8H3,(H,35,36)/t21-,22-,23-,24-,25+,29+,30-,31-,32+/m1/s1. The molecular weight excluding hydrogens is 464 g/mol. The number of fused-ring (bicyclic) bond motifs is 7. The molecule has 0 amide bonds. The number of carbonyl (C=O) groups excluding carboxylic acids is 1. The van der Waals surface area contributed by atoms with E-state index in [1.54, 1.807) is 0 Å². The zero-order valence-corrected chi connectivity index (χ0v) is 24.4. The maximum atomic E-state index is 12.8. The summed E-state index contributed by atoms with van der Waals surface area (Å²) >= 11 is 0. The molecule has 2 N–H and O–H groups in total. The van der Waals surface area contributed by atoms with Crippen LogP contribution in [0.3, 0.4) is 0 Å². The number of rotatable bonds is 2. The predicted molar refractivity (Wildman–Crippen MR) is 144 cm³/mol. The van der Waals surface area contributed by atoms with Crippen LogP contribution in [0, 0.1) is 50.2 Å². The summed E-state index contributed by atoms with van der Waals surface area (Å²) in [6, 6.07) is 0. The van der Waals surface area contributed by atoms with Gasteiger partial charge in [-0.1, -0.05) is 60.1 Å². The number of hydrogen-bond donors (Lipinski definition) is 2. The van der Waals surface area contributed by atoms with Crippen LogP contribution in [0.4, 0.5) is 0 Å². The lowest BCUT2D eigenvalue weighted by Crippen LogP contribution is -2.67. The van der Waals surface area contributed by atoms with Gasteiger partial charge in [-0.2, -0.15) is 0 Å². The minimum atomic E-state index is -0.675. The Morgan fingerprint density at radius 2 is 1.57 bits per heavy atom. The van der Waals surface area contributed by atoms with Crippen molar-refractivity contribution in [1.29, 1.82) is 0 Å². The van der Waals surface area contributed by atoms with Crippen molar-refractivity contribution in [3.8, 4) is 0 Å². The van der Waals surface area contributed by atoms with Gasteiger partial charge in [-0.3, -0.25) is 9.59 Å². The normalized spacial score (nSPS) is 49.9. The zero-order valence-electron chi connectivity index (χ0n) is 24.4. The van der Waals surface area contributed by atoms with Gasteiger partial charge in [0, 0.05) is 12.3 Å². The van der Waals surface area contributed by atoms with Crippen LogP contribution >= 0.6 is 0 Å². The van der Waals surface area contributed by atoms with Gasteiger partial charge in [-0.15, -0.1) is 0 Å². The lowest BCUT2D eigenvalue weighted by molar-refractivity contribution is -0.239. The fourth-order valence-electron chi connectivity index (χ4n) is 11.2. The molecule has 0 saturated heterocycles. The van der Waals surface area contributed by atoms with Crippen molar-refractivity contribution >= 4 is 11.9 Å². The number of hydrogen-bond acceptors (Lipinski definition) is 4. The van der Waals surface area contributed by atoms with Gasteiger partial charge in [0.1, 0.15) is 6.10 Å². The van der Waals surface area contributed by atoms with E-state index in [1.807, 2.05) is 0 Å². The molecule has 208 valence electrons. The fraction of sp³-hybridized carbons (Fsp3) is 0.875. The van der Waals surface area contributed by atoms with Crippen molar-refractivity contribution in [3.63, 3.8) is 0 Å². The molecule has 0 aromatic carbocycles. The Kier molecular flexibility index (Phi) is 5.95. The molecular formula is C32H50O5. The second-order valence-electron chi connectivity index (χ2n) is 15.8. The van der Waals surface area contributed by atoms with Gasteiger partial charge in [0.25, 0.3) is 0 Å². The Labute approximate surface area is 223 Å². The first-order chi connectivity index (χ1) is 16.9. The zero-order chi connectivity index (χ0) is 27.4. The number of allylic oxidation sites excluding steroid dienone is 2. The molecule has 4 fully saturated rings. The van der Waals surface area contributed by atoms with Crippen molar-refractivity contribution in [3.05, 3.63) is 11.6 Å². The van der Waals surface area contributed by atoms with E-state index in [2.05, 4.69) is 54.5 Å². The number of esters is 1. The van der Waals surface area contributed by atoms with E-state index in [0.29, 0.717) is 18.3 Å². The number of carboxylic acid groups (broad SMARTS) is 1. The number of carboxylic acids is 1. The van der Waals surface area contributed by atoms with Crippen LogP contribution in [0.5, 0.6) is 0 Å². The highest BCUT2D eigenvalue weighted by Gasteiger charge is 2.70. The van der Waals surface area contributed by atoms with E-state index in [4.69, 9.17) is 4.74 Å². The third kappa shape index (κ3) is 3.50. The van der Waals surface area contributed by atoms with Crippen LogP contribution in [0.15, 0.2) is 11.6 Å². The topological polar surface area (TPSA) is 83.8 Å². The molecule has 5 aliphatic carbocycles. The summed E-state index contributed by atoms with van der Waals surface area (Å²) in [5.41, 5.74) is 0.580. The van der Waals surface area contributed by atoms with Gasteiger partial charge in [0.2, 0.25) is 0 Å². The molecule has 5 aliphatic rings. The summed E-state index contributed by atoms with van der Waals surface area (Å²) in [6.07, 6.45) is 9.46. The predicted octanol–water partition coefficient (Wildman–Crippen LogP) is 6.78. The average Bonchev–Trinajstić information content (AvgIpc) is 2.76. The maximum Gasteiger partial charge on any atom is 0.310 e. The minimum Gasteiger partial charge on any atom is -0.481 e. The van der Waals surface area contributed by atoms with Gasteiger partial charge in [-0.25, -0.2) is 0 Å². The Balaban J connectivity index is 1.57. The van der Waals surface area contributed by atoms with Crippen LogP contribution in [0.2, 0.25) is 0 Å². The van der Waals surface area contributed by atoms with E-state index in [9.17, 15) is 19.8 Å². The molecule has 9 atom stereocenters. The highest BCUT2D eigenvalue weighted by atomic mass is 16.6. The van der Waals surface area contributed by atoms with Crippen molar-refractivity contribution in [1.82, 2.24) is 0 Å². The van der Waals surface area contributed by atoms with Gasteiger partial charge in [0.05, 0.1) is 11.5 Å². The van der Waals surface area contributed by atoms with Crippen LogP contribution in [-0.2, 0) is 14.3 Å².